The van der Waals surface area contributed by atoms with Crippen LogP contribution in [0.1, 0.15) is 33.1 Å². The Balaban J connectivity index is 2.00. The van der Waals surface area contributed by atoms with E-state index in [0.717, 1.165) is 19.3 Å². The average molecular weight is 202 g/mol. The molecule has 0 aromatic carbocycles. The Morgan fingerprint density at radius 3 is 2.86 bits per heavy atom. The standard InChI is InChI=1S/C10H18O4/c1-10(2)13-7-9(14-10)5-3-4-6-12-8-11/h8-9H,3-7H2,1-2H3/t9-/m1/s1. The molecule has 1 rings (SSSR count). The predicted molar refractivity (Wildman–Crippen MR) is 50.8 cm³/mol. The molecule has 0 N–H and O–H groups in total. The number of ether oxygens (including phenoxy) is 3. The molecule has 82 valence electrons. The fraction of sp³-hybridized carbons (Fsp3) is 0.900. The van der Waals surface area contributed by atoms with Crippen LogP contribution in [-0.4, -0.2) is 31.6 Å². The maximum absolute atomic E-state index is 9.84. The van der Waals surface area contributed by atoms with Crippen molar-refractivity contribution in [2.45, 2.75) is 45.0 Å². The highest BCUT2D eigenvalue weighted by atomic mass is 16.7. The number of hydrogen-bond acceptors (Lipinski definition) is 4. The summed E-state index contributed by atoms with van der Waals surface area (Å²) < 4.78 is 15.6. The van der Waals surface area contributed by atoms with E-state index in [1.54, 1.807) is 0 Å². The second-order valence-electron chi connectivity index (χ2n) is 3.91. The van der Waals surface area contributed by atoms with E-state index in [1.807, 2.05) is 13.8 Å². The molecule has 0 aliphatic carbocycles. The minimum atomic E-state index is -0.427. The number of rotatable bonds is 6. The van der Waals surface area contributed by atoms with Gasteiger partial charge in [-0.25, -0.2) is 0 Å². The third-order valence-corrected chi connectivity index (χ3v) is 2.17. The lowest BCUT2D eigenvalue weighted by atomic mass is 10.2. The largest absolute Gasteiger partial charge is 0.468 e. The summed E-state index contributed by atoms with van der Waals surface area (Å²) >= 11 is 0. The maximum Gasteiger partial charge on any atom is 0.293 e. The first kappa shape index (κ1) is 11.5. The van der Waals surface area contributed by atoms with Gasteiger partial charge in [0.2, 0.25) is 0 Å². The molecule has 0 radical (unpaired) electrons. The van der Waals surface area contributed by atoms with E-state index in [-0.39, 0.29) is 6.10 Å². The van der Waals surface area contributed by atoms with Gasteiger partial charge in [-0.1, -0.05) is 0 Å². The van der Waals surface area contributed by atoms with Gasteiger partial charge < -0.3 is 14.2 Å². The first-order chi connectivity index (χ1) is 6.64. The van der Waals surface area contributed by atoms with Gasteiger partial charge in [-0.15, -0.1) is 0 Å². The van der Waals surface area contributed by atoms with Crippen LogP contribution in [0.25, 0.3) is 0 Å². The van der Waals surface area contributed by atoms with E-state index in [0.29, 0.717) is 19.7 Å². The summed E-state index contributed by atoms with van der Waals surface area (Å²) in [6.45, 7) is 5.49. The molecule has 14 heavy (non-hydrogen) atoms. The Labute approximate surface area is 84.5 Å². The van der Waals surface area contributed by atoms with Crippen LogP contribution >= 0.6 is 0 Å². The highest BCUT2D eigenvalue weighted by Crippen LogP contribution is 2.24. The lowest BCUT2D eigenvalue weighted by molar-refractivity contribution is -0.139. The Bertz CT molecular complexity index is 179. The van der Waals surface area contributed by atoms with Crippen molar-refractivity contribution < 1.29 is 19.0 Å². The van der Waals surface area contributed by atoms with Crippen LogP contribution in [0.4, 0.5) is 0 Å². The van der Waals surface area contributed by atoms with Crippen LogP contribution < -0.4 is 0 Å². The molecule has 0 unspecified atom stereocenters. The summed E-state index contributed by atoms with van der Waals surface area (Å²) in [5, 5.41) is 0. The van der Waals surface area contributed by atoms with Gasteiger partial charge >= 0.3 is 0 Å². The van der Waals surface area contributed by atoms with Crippen LogP contribution in [-0.2, 0) is 19.0 Å². The second kappa shape index (κ2) is 5.32. The van der Waals surface area contributed by atoms with Crippen molar-refractivity contribution in [3.05, 3.63) is 0 Å². The zero-order valence-electron chi connectivity index (χ0n) is 8.82. The van der Waals surface area contributed by atoms with Gasteiger partial charge in [0.25, 0.3) is 6.47 Å². The van der Waals surface area contributed by atoms with Crippen LogP contribution in [0, 0.1) is 0 Å². The fourth-order valence-electron chi connectivity index (χ4n) is 1.51. The van der Waals surface area contributed by atoms with E-state index < -0.39 is 5.79 Å². The summed E-state index contributed by atoms with van der Waals surface area (Å²) in [5.74, 6) is -0.427. The summed E-state index contributed by atoms with van der Waals surface area (Å²) in [7, 11) is 0. The summed E-state index contributed by atoms with van der Waals surface area (Å²) in [6, 6.07) is 0. The van der Waals surface area contributed by atoms with Gasteiger partial charge in [0.15, 0.2) is 5.79 Å². The molecule has 0 bridgehead atoms. The molecule has 0 aromatic heterocycles. The second-order valence-corrected chi connectivity index (χ2v) is 3.91. The van der Waals surface area contributed by atoms with E-state index in [9.17, 15) is 4.79 Å². The Hall–Kier alpha value is -0.610. The number of unbranched alkanes of at least 4 members (excludes halogenated alkanes) is 1. The molecule has 0 spiro atoms. The van der Waals surface area contributed by atoms with E-state index in [1.165, 1.54) is 0 Å². The quantitative estimate of drug-likeness (QED) is 0.483. The zero-order valence-corrected chi connectivity index (χ0v) is 8.82. The lowest BCUT2D eigenvalue weighted by Crippen LogP contribution is -2.21. The third-order valence-electron chi connectivity index (χ3n) is 2.17. The Morgan fingerprint density at radius 1 is 1.50 bits per heavy atom. The van der Waals surface area contributed by atoms with Gasteiger partial charge in [0, 0.05) is 0 Å². The average Bonchev–Trinajstić information content (AvgIpc) is 2.45. The van der Waals surface area contributed by atoms with E-state index >= 15 is 0 Å². The molecule has 1 heterocycles. The van der Waals surface area contributed by atoms with Crippen LogP contribution in [0.2, 0.25) is 0 Å². The number of hydrogen-bond donors (Lipinski definition) is 0. The number of carbonyl (C=O) groups is 1. The first-order valence-electron chi connectivity index (χ1n) is 5.01. The van der Waals surface area contributed by atoms with Crippen molar-refractivity contribution in [2.75, 3.05) is 13.2 Å². The van der Waals surface area contributed by atoms with E-state index in [4.69, 9.17) is 9.47 Å². The van der Waals surface area contributed by atoms with Gasteiger partial charge in [0.1, 0.15) is 0 Å². The first-order valence-corrected chi connectivity index (χ1v) is 5.01. The van der Waals surface area contributed by atoms with Crippen LogP contribution in [0.5, 0.6) is 0 Å². The molecule has 1 aliphatic rings. The SMILES string of the molecule is CC1(C)OC[C@@H](CCCCOC=O)O1. The smallest absolute Gasteiger partial charge is 0.293 e. The van der Waals surface area contributed by atoms with E-state index in [2.05, 4.69) is 4.74 Å². The number of carbonyl (C=O) groups excluding carboxylic acids is 1. The van der Waals surface area contributed by atoms with Crippen LogP contribution in [0.15, 0.2) is 0 Å². The maximum atomic E-state index is 9.84. The van der Waals surface area contributed by atoms with Crippen molar-refractivity contribution in [1.82, 2.24) is 0 Å². The molecular formula is C10H18O4. The Kier molecular flexibility index (Phi) is 4.35. The molecule has 1 aliphatic heterocycles. The summed E-state index contributed by atoms with van der Waals surface area (Å²) in [5.41, 5.74) is 0. The van der Waals surface area contributed by atoms with Gasteiger partial charge in [-0.2, -0.15) is 0 Å². The zero-order chi connectivity index (χ0) is 10.4. The lowest BCUT2D eigenvalue weighted by Gasteiger charge is -2.16. The van der Waals surface area contributed by atoms with Crippen LogP contribution in [0.3, 0.4) is 0 Å². The highest BCUT2D eigenvalue weighted by molar-refractivity contribution is 5.36. The summed E-state index contributed by atoms with van der Waals surface area (Å²) in [4.78, 5) is 9.84. The van der Waals surface area contributed by atoms with Gasteiger partial charge in [0.05, 0.1) is 19.3 Å². The normalized spacial score (nSPS) is 24.9. The van der Waals surface area contributed by atoms with Crippen molar-refractivity contribution in [3.8, 4) is 0 Å². The molecule has 1 atom stereocenters. The van der Waals surface area contributed by atoms with Crippen molar-refractivity contribution >= 4 is 6.47 Å². The predicted octanol–water partition coefficient (Wildman–Crippen LogP) is 1.48. The fourth-order valence-corrected chi connectivity index (χ4v) is 1.51. The summed E-state index contributed by atoms with van der Waals surface area (Å²) in [6.07, 6.45) is 3.05. The highest BCUT2D eigenvalue weighted by Gasteiger charge is 2.31. The third kappa shape index (κ3) is 4.07. The Morgan fingerprint density at radius 2 is 2.29 bits per heavy atom. The molecule has 0 aromatic rings. The van der Waals surface area contributed by atoms with Gasteiger partial charge in [-0.05, 0) is 33.1 Å². The van der Waals surface area contributed by atoms with Crippen molar-refractivity contribution in [2.24, 2.45) is 0 Å². The topological polar surface area (TPSA) is 44.8 Å². The van der Waals surface area contributed by atoms with Crippen molar-refractivity contribution in [3.63, 3.8) is 0 Å². The monoisotopic (exact) mass is 202 g/mol. The molecule has 0 amide bonds. The molecule has 0 saturated carbocycles. The van der Waals surface area contributed by atoms with Crippen molar-refractivity contribution in [1.29, 1.82) is 0 Å². The van der Waals surface area contributed by atoms with Gasteiger partial charge in [-0.3, -0.25) is 4.79 Å². The molecule has 1 saturated heterocycles. The molecule has 4 heteroatoms. The molecule has 4 nitrogen and oxygen atoms in total. The molecule has 1 fully saturated rings. The minimum Gasteiger partial charge on any atom is -0.468 e. The molecular weight excluding hydrogens is 184 g/mol. The minimum absolute atomic E-state index is 0.196.